The number of benzene rings is 1. The first kappa shape index (κ1) is 14.5. The van der Waals surface area contributed by atoms with Gasteiger partial charge in [-0.3, -0.25) is 9.59 Å². The van der Waals surface area contributed by atoms with Crippen molar-refractivity contribution in [1.29, 1.82) is 0 Å². The zero-order valence-corrected chi connectivity index (χ0v) is 12.0. The van der Waals surface area contributed by atoms with Crippen molar-refractivity contribution in [2.24, 2.45) is 0 Å². The summed E-state index contributed by atoms with van der Waals surface area (Å²) in [6.45, 7) is 3.12. The van der Waals surface area contributed by atoms with E-state index in [-0.39, 0.29) is 17.9 Å². The van der Waals surface area contributed by atoms with Crippen LogP contribution in [0.1, 0.15) is 31.4 Å². The molecule has 2 amide bonds. The SMILES string of the molecule is CCNC(=O)CCNC1CC(=O)N(C)c2ccccc21. The Morgan fingerprint density at radius 3 is 2.90 bits per heavy atom. The van der Waals surface area contributed by atoms with Crippen molar-refractivity contribution in [2.75, 3.05) is 25.0 Å². The van der Waals surface area contributed by atoms with E-state index < -0.39 is 0 Å². The Balaban J connectivity index is 2.00. The van der Waals surface area contributed by atoms with Crippen molar-refractivity contribution in [1.82, 2.24) is 10.6 Å². The normalized spacial score (nSPS) is 17.8. The number of hydrogen-bond acceptors (Lipinski definition) is 3. The van der Waals surface area contributed by atoms with Crippen LogP contribution in [-0.4, -0.2) is 32.0 Å². The lowest BCUT2D eigenvalue weighted by molar-refractivity contribution is -0.120. The fourth-order valence-electron chi connectivity index (χ4n) is 2.47. The molecule has 1 aliphatic rings. The fourth-order valence-corrected chi connectivity index (χ4v) is 2.47. The van der Waals surface area contributed by atoms with E-state index in [4.69, 9.17) is 0 Å². The Bertz CT molecular complexity index is 502. The zero-order valence-electron chi connectivity index (χ0n) is 12.0. The molecule has 2 rings (SSSR count). The average molecular weight is 275 g/mol. The van der Waals surface area contributed by atoms with Gasteiger partial charge in [0.1, 0.15) is 0 Å². The van der Waals surface area contributed by atoms with Gasteiger partial charge in [-0.1, -0.05) is 18.2 Å². The third-order valence-corrected chi connectivity index (χ3v) is 3.54. The lowest BCUT2D eigenvalue weighted by Crippen LogP contribution is -2.38. The number of carbonyl (C=O) groups is 2. The van der Waals surface area contributed by atoms with Crippen LogP contribution < -0.4 is 15.5 Å². The summed E-state index contributed by atoms with van der Waals surface area (Å²) in [5.74, 6) is 0.131. The van der Waals surface area contributed by atoms with Gasteiger partial charge in [-0.15, -0.1) is 0 Å². The van der Waals surface area contributed by atoms with Crippen molar-refractivity contribution < 1.29 is 9.59 Å². The Morgan fingerprint density at radius 2 is 2.15 bits per heavy atom. The summed E-state index contributed by atoms with van der Waals surface area (Å²) in [6.07, 6.45) is 0.861. The van der Waals surface area contributed by atoms with Crippen molar-refractivity contribution in [3.63, 3.8) is 0 Å². The van der Waals surface area contributed by atoms with Crippen LogP contribution in [0.5, 0.6) is 0 Å². The van der Waals surface area contributed by atoms with Crippen LogP contribution in [0.25, 0.3) is 0 Å². The number of carbonyl (C=O) groups excluding carboxylic acids is 2. The second-order valence-corrected chi connectivity index (χ2v) is 4.93. The van der Waals surface area contributed by atoms with Crippen molar-refractivity contribution in [2.45, 2.75) is 25.8 Å². The van der Waals surface area contributed by atoms with E-state index in [2.05, 4.69) is 10.6 Å². The monoisotopic (exact) mass is 275 g/mol. The van der Waals surface area contributed by atoms with Gasteiger partial charge in [0.2, 0.25) is 11.8 Å². The maximum atomic E-state index is 12.0. The van der Waals surface area contributed by atoms with Crippen molar-refractivity contribution >= 4 is 17.5 Å². The molecule has 0 aromatic heterocycles. The van der Waals surface area contributed by atoms with Crippen LogP contribution in [0.3, 0.4) is 0 Å². The maximum Gasteiger partial charge on any atom is 0.228 e. The quantitative estimate of drug-likeness (QED) is 0.849. The van der Waals surface area contributed by atoms with Gasteiger partial charge in [-0.25, -0.2) is 0 Å². The van der Waals surface area contributed by atoms with Crippen LogP contribution in [0.15, 0.2) is 24.3 Å². The first-order valence-corrected chi connectivity index (χ1v) is 6.99. The minimum absolute atomic E-state index is 0.00988. The third-order valence-electron chi connectivity index (χ3n) is 3.54. The van der Waals surface area contributed by atoms with Crippen LogP contribution in [0.4, 0.5) is 5.69 Å². The summed E-state index contributed by atoms with van der Waals surface area (Å²) in [4.78, 5) is 25.1. The number of nitrogens with zero attached hydrogens (tertiary/aromatic N) is 1. The highest BCUT2D eigenvalue weighted by atomic mass is 16.2. The van der Waals surface area contributed by atoms with Crippen LogP contribution in [-0.2, 0) is 9.59 Å². The number of para-hydroxylation sites is 1. The molecule has 0 saturated heterocycles. The summed E-state index contributed by atoms with van der Waals surface area (Å²) in [6, 6.07) is 7.87. The lowest BCUT2D eigenvalue weighted by Gasteiger charge is -2.32. The van der Waals surface area contributed by atoms with E-state index in [0.717, 1.165) is 11.3 Å². The molecule has 5 nitrogen and oxygen atoms in total. The van der Waals surface area contributed by atoms with Gasteiger partial charge in [0.05, 0.1) is 0 Å². The van der Waals surface area contributed by atoms with Crippen LogP contribution in [0.2, 0.25) is 0 Å². The standard InChI is InChI=1S/C15H21N3O2/c1-3-16-14(19)8-9-17-12-10-15(20)18(2)13-7-5-4-6-11(12)13/h4-7,12,17H,3,8-10H2,1-2H3,(H,16,19). The largest absolute Gasteiger partial charge is 0.356 e. The Kier molecular flexibility index (Phi) is 4.74. The van der Waals surface area contributed by atoms with Crippen molar-refractivity contribution in [3.8, 4) is 0 Å². The molecule has 1 aromatic rings. The molecule has 0 saturated carbocycles. The van der Waals surface area contributed by atoms with E-state index in [0.29, 0.717) is 25.9 Å². The predicted molar refractivity (Wildman–Crippen MR) is 78.5 cm³/mol. The average Bonchev–Trinajstić information content (AvgIpc) is 2.44. The molecule has 0 spiro atoms. The molecule has 1 aromatic carbocycles. The smallest absolute Gasteiger partial charge is 0.228 e. The first-order valence-electron chi connectivity index (χ1n) is 6.99. The summed E-state index contributed by atoms with van der Waals surface area (Å²) in [7, 11) is 1.80. The van der Waals surface area contributed by atoms with Gasteiger partial charge in [0.25, 0.3) is 0 Å². The number of fused-ring (bicyclic) bond motifs is 1. The number of rotatable bonds is 5. The third kappa shape index (κ3) is 3.17. The topological polar surface area (TPSA) is 61.4 Å². The summed E-state index contributed by atoms with van der Waals surface area (Å²) >= 11 is 0. The van der Waals surface area contributed by atoms with E-state index >= 15 is 0 Å². The van der Waals surface area contributed by atoms with Gasteiger partial charge in [0, 0.05) is 44.7 Å². The Hall–Kier alpha value is -1.88. The zero-order chi connectivity index (χ0) is 14.5. The van der Waals surface area contributed by atoms with E-state index in [1.807, 2.05) is 31.2 Å². The van der Waals surface area contributed by atoms with Gasteiger partial charge in [-0.05, 0) is 18.6 Å². The molecule has 1 heterocycles. The number of amides is 2. The number of anilines is 1. The molecule has 5 heteroatoms. The maximum absolute atomic E-state index is 12.0. The molecule has 1 aliphatic heterocycles. The molecule has 2 N–H and O–H groups in total. The van der Waals surface area contributed by atoms with Gasteiger partial charge in [0.15, 0.2) is 0 Å². The second-order valence-electron chi connectivity index (χ2n) is 4.93. The van der Waals surface area contributed by atoms with Crippen LogP contribution in [0, 0.1) is 0 Å². The molecule has 0 fully saturated rings. The molecular weight excluding hydrogens is 254 g/mol. The summed E-state index contributed by atoms with van der Waals surface area (Å²) in [5.41, 5.74) is 2.06. The molecule has 1 unspecified atom stereocenters. The fraction of sp³-hybridized carbons (Fsp3) is 0.467. The second kappa shape index (κ2) is 6.52. The number of nitrogens with one attached hydrogen (secondary N) is 2. The Labute approximate surface area is 119 Å². The van der Waals surface area contributed by atoms with Crippen LogP contribution >= 0.6 is 0 Å². The van der Waals surface area contributed by atoms with E-state index in [1.54, 1.807) is 11.9 Å². The lowest BCUT2D eigenvalue weighted by atomic mass is 9.96. The molecule has 108 valence electrons. The summed E-state index contributed by atoms with van der Waals surface area (Å²) in [5, 5.41) is 6.07. The molecule has 0 radical (unpaired) electrons. The molecule has 0 aliphatic carbocycles. The minimum atomic E-state index is -0.00988. The van der Waals surface area contributed by atoms with E-state index in [9.17, 15) is 9.59 Å². The van der Waals surface area contributed by atoms with E-state index in [1.165, 1.54) is 0 Å². The van der Waals surface area contributed by atoms with Gasteiger partial charge < -0.3 is 15.5 Å². The first-order chi connectivity index (χ1) is 9.63. The molecule has 0 bridgehead atoms. The summed E-state index contributed by atoms with van der Waals surface area (Å²) < 4.78 is 0. The highest BCUT2D eigenvalue weighted by molar-refractivity contribution is 5.96. The molecular formula is C15H21N3O2. The Morgan fingerprint density at radius 1 is 1.40 bits per heavy atom. The highest BCUT2D eigenvalue weighted by Crippen LogP contribution is 2.33. The molecule has 1 atom stereocenters. The minimum Gasteiger partial charge on any atom is -0.356 e. The number of hydrogen-bond donors (Lipinski definition) is 2. The van der Waals surface area contributed by atoms with Gasteiger partial charge >= 0.3 is 0 Å². The predicted octanol–water partition coefficient (Wildman–Crippen LogP) is 1.21. The van der Waals surface area contributed by atoms with Gasteiger partial charge in [-0.2, -0.15) is 0 Å². The van der Waals surface area contributed by atoms with Crippen molar-refractivity contribution in [3.05, 3.63) is 29.8 Å². The highest BCUT2D eigenvalue weighted by Gasteiger charge is 2.28. The molecule has 20 heavy (non-hydrogen) atoms.